The molecule has 2 rings (SSSR count). The van der Waals surface area contributed by atoms with Gasteiger partial charge < -0.3 is 15.6 Å². The van der Waals surface area contributed by atoms with Gasteiger partial charge in [-0.1, -0.05) is 11.8 Å². The van der Waals surface area contributed by atoms with Gasteiger partial charge in [0.1, 0.15) is 0 Å². The van der Waals surface area contributed by atoms with E-state index in [-0.39, 0.29) is 12.7 Å². The summed E-state index contributed by atoms with van der Waals surface area (Å²) in [6.07, 6.45) is -0.0461. The second-order valence-corrected chi connectivity index (χ2v) is 5.35. The van der Waals surface area contributed by atoms with Gasteiger partial charge in [-0.2, -0.15) is 0 Å². The van der Waals surface area contributed by atoms with Crippen molar-refractivity contribution in [3.05, 3.63) is 21.9 Å². The highest BCUT2D eigenvalue weighted by atomic mass is 32.1. The fourth-order valence-corrected chi connectivity index (χ4v) is 2.85. The summed E-state index contributed by atoms with van der Waals surface area (Å²) in [5.41, 5.74) is 5.35. The van der Waals surface area contributed by atoms with E-state index in [0.29, 0.717) is 13.2 Å². The maximum Gasteiger partial charge on any atom is 0.0933 e. The molecule has 1 aromatic heterocycles. The van der Waals surface area contributed by atoms with Crippen molar-refractivity contribution in [3.63, 3.8) is 0 Å². The molecule has 1 atom stereocenters. The van der Waals surface area contributed by atoms with Crippen LogP contribution >= 0.6 is 11.3 Å². The summed E-state index contributed by atoms with van der Waals surface area (Å²) in [6.45, 7) is 3.78. The molecule has 1 aromatic rings. The molecule has 4 nitrogen and oxygen atoms in total. The first-order valence-electron chi connectivity index (χ1n) is 6.04. The van der Waals surface area contributed by atoms with Gasteiger partial charge in [-0.3, -0.25) is 4.90 Å². The van der Waals surface area contributed by atoms with Gasteiger partial charge in [0.2, 0.25) is 0 Å². The van der Waals surface area contributed by atoms with Crippen LogP contribution in [0.2, 0.25) is 0 Å². The molecule has 0 amide bonds. The van der Waals surface area contributed by atoms with Crippen molar-refractivity contribution < 1.29 is 9.84 Å². The molecular formula is C13H18N2O2S. The summed E-state index contributed by atoms with van der Waals surface area (Å²) < 4.78 is 5.43. The van der Waals surface area contributed by atoms with E-state index in [1.54, 1.807) is 11.3 Å². The zero-order valence-corrected chi connectivity index (χ0v) is 11.1. The maximum absolute atomic E-state index is 9.10. The normalized spacial score (nSPS) is 20.4. The zero-order chi connectivity index (χ0) is 12.8. The van der Waals surface area contributed by atoms with Gasteiger partial charge in [0, 0.05) is 24.5 Å². The van der Waals surface area contributed by atoms with Gasteiger partial charge in [-0.25, -0.2) is 0 Å². The van der Waals surface area contributed by atoms with Gasteiger partial charge in [0.15, 0.2) is 0 Å². The fourth-order valence-electron chi connectivity index (χ4n) is 1.92. The lowest BCUT2D eigenvalue weighted by Crippen LogP contribution is -2.43. The number of nitrogens with zero attached hydrogens (tertiary/aromatic N) is 1. The molecule has 0 aromatic carbocycles. The summed E-state index contributed by atoms with van der Waals surface area (Å²) in [4.78, 5) is 4.65. The predicted molar refractivity (Wildman–Crippen MR) is 72.4 cm³/mol. The maximum atomic E-state index is 9.10. The van der Waals surface area contributed by atoms with E-state index in [0.717, 1.165) is 24.5 Å². The number of ether oxygens (including phenoxy) is 1. The average Bonchev–Trinajstić information content (AvgIpc) is 2.84. The molecule has 0 radical (unpaired) electrons. The van der Waals surface area contributed by atoms with E-state index in [2.05, 4.69) is 22.8 Å². The van der Waals surface area contributed by atoms with Crippen LogP contribution in [0.5, 0.6) is 0 Å². The Balaban J connectivity index is 1.90. The second kappa shape index (κ2) is 6.88. The summed E-state index contributed by atoms with van der Waals surface area (Å²) in [5.74, 6) is 5.90. The lowest BCUT2D eigenvalue weighted by atomic mass is 10.2. The van der Waals surface area contributed by atoms with Gasteiger partial charge in [-0.05, 0) is 12.1 Å². The van der Waals surface area contributed by atoms with E-state index in [1.807, 2.05) is 6.07 Å². The molecule has 0 aliphatic carbocycles. The molecule has 1 saturated heterocycles. The van der Waals surface area contributed by atoms with Crippen molar-refractivity contribution in [1.82, 2.24) is 4.90 Å². The molecule has 3 N–H and O–H groups in total. The number of morpholine rings is 1. The van der Waals surface area contributed by atoms with Crippen molar-refractivity contribution in [2.45, 2.75) is 12.6 Å². The first-order valence-corrected chi connectivity index (χ1v) is 6.86. The van der Waals surface area contributed by atoms with Crippen LogP contribution < -0.4 is 5.73 Å². The topological polar surface area (TPSA) is 58.7 Å². The third-order valence-electron chi connectivity index (χ3n) is 2.78. The largest absolute Gasteiger partial charge is 0.394 e. The lowest BCUT2D eigenvalue weighted by Gasteiger charge is -2.31. The highest BCUT2D eigenvalue weighted by Crippen LogP contribution is 2.18. The van der Waals surface area contributed by atoms with Crippen molar-refractivity contribution in [3.8, 4) is 11.8 Å². The number of nitrogens with two attached hydrogens (primary N) is 1. The minimum absolute atomic E-state index is 0.0461. The molecule has 0 saturated carbocycles. The third kappa shape index (κ3) is 3.80. The van der Waals surface area contributed by atoms with Crippen LogP contribution in [-0.4, -0.2) is 49.0 Å². The number of hydrogen-bond donors (Lipinski definition) is 2. The van der Waals surface area contributed by atoms with E-state index < -0.39 is 0 Å². The number of thiophene rings is 1. The van der Waals surface area contributed by atoms with Gasteiger partial charge in [0.25, 0.3) is 0 Å². The van der Waals surface area contributed by atoms with Crippen LogP contribution in [0.1, 0.15) is 9.75 Å². The third-order valence-corrected chi connectivity index (χ3v) is 3.77. The smallest absolute Gasteiger partial charge is 0.0933 e. The predicted octanol–water partition coefficient (Wildman–Crippen LogP) is 0.251. The SMILES string of the molecule is NCC#Cc1ccc(CN2CCOC(CO)C2)s1. The number of hydrogen-bond acceptors (Lipinski definition) is 5. The van der Waals surface area contributed by atoms with E-state index in [1.165, 1.54) is 4.88 Å². The monoisotopic (exact) mass is 266 g/mol. The summed E-state index contributed by atoms with van der Waals surface area (Å²) in [6, 6.07) is 4.14. The second-order valence-electron chi connectivity index (χ2n) is 4.18. The number of aliphatic hydroxyl groups excluding tert-OH is 1. The molecule has 18 heavy (non-hydrogen) atoms. The van der Waals surface area contributed by atoms with Crippen molar-refractivity contribution >= 4 is 11.3 Å². The molecule has 2 heterocycles. The summed E-state index contributed by atoms with van der Waals surface area (Å²) in [5, 5.41) is 9.10. The van der Waals surface area contributed by atoms with Crippen LogP contribution in [0.3, 0.4) is 0 Å². The van der Waals surface area contributed by atoms with Crippen LogP contribution in [0.25, 0.3) is 0 Å². The van der Waals surface area contributed by atoms with Gasteiger partial charge in [0.05, 0.1) is 30.7 Å². The molecule has 1 unspecified atom stereocenters. The Labute approximate surface area is 111 Å². The van der Waals surface area contributed by atoms with Crippen LogP contribution in [0.4, 0.5) is 0 Å². The highest BCUT2D eigenvalue weighted by Gasteiger charge is 2.19. The van der Waals surface area contributed by atoms with Crippen LogP contribution in [-0.2, 0) is 11.3 Å². The van der Waals surface area contributed by atoms with Crippen molar-refractivity contribution in [2.75, 3.05) is 32.8 Å². The number of aliphatic hydroxyl groups is 1. The minimum Gasteiger partial charge on any atom is -0.394 e. The standard InChI is InChI=1S/C13H18N2O2S/c14-5-1-2-12-3-4-13(18-12)9-15-6-7-17-11(8-15)10-16/h3-4,11,16H,5-10,14H2. The average molecular weight is 266 g/mol. The van der Waals surface area contributed by atoms with E-state index in [9.17, 15) is 0 Å². The first-order chi connectivity index (χ1) is 8.81. The minimum atomic E-state index is -0.0461. The van der Waals surface area contributed by atoms with E-state index in [4.69, 9.17) is 15.6 Å². The Morgan fingerprint density at radius 1 is 1.56 bits per heavy atom. The summed E-state index contributed by atoms with van der Waals surface area (Å²) >= 11 is 1.70. The quantitative estimate of drug-likeness (QED) is 0.770. The van der Waals surface area contributed by atoms with E-state index >= 15 is 0 Å². The molecule has 5 heteroatoms. The first kappa shape index (κ1) is 13.5. The zero-order valence-electron chi connectivity index (χ0n) is 10.3. The Morgan fingerprint density at radius 3 is 3.22 bits per heavy atom. The molecular weight excluding hydrogens is 248 g/mol. The van der Waals surface area contributed by atoms with Gasteiger partial charge >= 0.3 is 0 Å². The molecule has 1 aliphatic rings. The Morgan fingerprint density at radius 2 is 2.44 bits per heavy atom. The molecule has 1 aliphatic heterocycles. The highest BCUT2D eigenvalue weighted by molar-refractivity contribution is 7.12. The Hall–Kier alpha value is -0.900. The Kier molecular flexibility index (Phi) is 5.17. The van der Waals surface area contributed by atoms with Crippen molar-refractivity contribution in [2.24, 2.45) is 5.73 Å². The van der Waals surface area contributed by atoms with Crippen LogP contribution in [0.15, 0.2) is 12.1 Å². The van der Waals surface area contributed by atoms with Crippen molar-refractivity contribution in [1.29, 1.82) is 0 Å². The lowest BCUT2D eigenvalue weighted by molar-refractivity contribution is -0.0548. The summed E-state index contributed by atoms with van der Waals surface area (Å²) in [7, 11) is 0. The number of rotatable bonds is 3. The van der Waals surface area contributed by atoms with Crippen LogP contribution in [0, 0.1) is 11.8 Å². The molecule has 0 spiro atoms. The molecule has 1 fully saturated rings. The fraction of sp³-hybridized carbons (Fsp3) is 0.538. The van der Waals surface area contributed by atoms with Gasteiger partial charge in [-0.15, -0.1) is 11.3 Å². The Bertz CT molecular complexity index is 436. The molecule has 98 valence electrons. The molecule has 0 bridgehead atoms.